The first-order valence-corrected chi connectivity index (χ1v) is 13.0. The smallest absolute Gasteiger partial charge is 0.329 e. The maximum atomic E-state index is 15.3. The molecular formula is C28H36FNO5. The van der Waals surface area contributed by atoms with Gasteiger partial charge in [-0.25, -0.2) is 9.18 Å². The SMILES string of the molecule is COC(=O)[C@@H]1CC(=O)CN1C(=O)c1cc(C2CC2)c(OCC23CC(C)CC(CC(C)C2)C3)cc1F. The van der Waals surface area contributed by atoms with Crippen LogP contribution in [-0.2, 0) is 14.3 Å². The Kier molecular flexibility index (Phi) is 6.39. The first kappa shape index (κ1) is 24.3. The zero-order valence-corrected chi connectivity index (χ0v) is 21.0. The second-order valence-electron chi connectivity index (χ2n) is 11.8. The number of fused-ring (bicyclic) bond motifs is 2. The third kappa shape index (κ3) is 4.83. The minimum Gasteiger partial charge on any atom is -0.493 e. The normalized spacial score (nSPS) is 32.5. The van der Waals surface area contributed by atoms with Crippen LogP contribution in [0.1, 0.15) is 87.1 Å². The van der Waals surface area contributed by atoms with E-state index in [-0.39, 0.29) is 35.6 Å². The van der Waals surface area contributed by atoms with E-state index in [1.165, 1.54) is 32.4 Å². The van der Waals surface area contributed by atoms with Crippen LogP contribution in [0.2, 0.25) is 0 Å². The van der Waals surface area contributed by atoms with Crippen molar-refractivity contribution in [3.63, 3.8) is 0 Å². The number of benzene rings is 1. The Hall–Kier alpha value is -2.44. The predicted octanol–water partition coefficient (Wildman–Crippen LogP) is 4.89. The molecule has 1 saturated heterocycles. The van der Waals surface area contributed by atoms with Crippen LogP contribution in [0.3, 0.4) is 0 Å². The van der Waals surface area contributed by atoms with Crippen LogP contribution in [-0.4, -0.2) is 48.9 Å². The summed E-state index contributed by atoms with van der Waals surface area (Å²) in [5, 5.41) is 0. The van der Waals surface area contributed by atoms with Gasteiger partial charge in [-0.1, -0.05) is 13.8 Å². The van der Waals surface area contributed by atoms with Crippen LogP contribution in [0.4, 0.5) is 4.39 Å². The van der Waals surface area contributed by atoms with Crippen LogP contribution in [0.15, 0.2) is 12.1 Å². The van der Waals surface area contributed by atoms with Gasteiger partial charge < -0.3 is 14.4 Å². The van der Waals surface area contributed by atoms with Crippen molar-refractivity contribution in [3.05, 3.63) is 29.1 Å². The molecule has 1 aliphatic heterocycles. The van der Waals surface area contributed by atoms with Crippen molar-refractivity contribution in [2.45, 2.75) is 77.2 Å². The van der Waals surface area contributed by atoms with Gasteiger partial charge in [-0.05, 0) is 80.2 Å². The molecule has 1 aromatic rings. The number of nitrogens with zero attached hydrogens (tertiary/aromatic N) is 1. The number of amides is 1. The Balaban J connectivity index is 1.39. The van der Waals surface area contributed by atoms with E-state index in [1.807, 2.05) is 0 Å². The fourth-order valence-electron chi connectivity index (χ4n) is 7.30. The molecule has 0 N–H and O–H groups in total. The summed E-state index contributed by atoms with van der Waals surface area (Å²) < 4.78 is 26.5. The molecule has 35 heavy (non-hydrogen) atoms. The van der Waals surface area contributed by atoms with E-state index >= 15 is 4.39 Å². The Morgan fingerprint density at radius 1 is 1.11 bits per heavy atom. The molecule has 3 atom stereocenters. The first-order chi connectivity index (χ1) is 16.7. The van der Waals surface area contributed by atoms with Gasteiger partial charge in [0, 0.05) is 17.9 Å². The average Bonchev–Trinajstić information content (AvgIpc) is 3.56. The van der Waals surface area contributed by atoms with E-state index in [0.29, 0.717) is 24.2 Å². The summed E-state index contributed by atoms with van der Waals surface area (Å²) in [4.78, 5) is 38.5. The lowest BCUT2D eigenvalue weighted by Gasteiger charge is -2.49. The first-order valence-electron chi connectivity index (χ1n) is 13.0. The van der Waals surface area contributed by atoms with Gasteiger partial charge in [0.25, 0.3) is 5.91 Å². The van der Waals surface area contributed by atoms with Gasteiger partial charge in [-0.15, -0.1) is 0 Å². The standard InChI is InChI=1S/C28H36FNO5/c1-16-6-18-7-17(2)12-28(11-16,13-18)15-35-25-10-23(29)22(9-21(25)19-4-5-19)26(32)30-14-20(31)8-24(30)27(33)34-3/h9-10,16-19,24H,4-8,11-15H2,1-3H3/t16?,17?,18?,24-,28?/m0/s1. The number of carbonyl (C=O) groups excluding carboxylic acids is 3. The lowest BCUT2D eigenvalue weighted by molar-refractivity contribution is -0.145. The van der Waals surface area contributed by atoms with Gasteiger partial charge >= 0.3 is 5.97 Å². The predicted molar refractivity (Wildman–Crippen MR) is 128 cm³/mol. The number of hydrogen-bond donors (Lipinski definition) is 0. The molecule has 3 saturated carbocycles. The molecule has 6 nitrogen and oxygen atoms in total. The Bertz CT molecular complexity index is 1010. The van der Waals surface area contributed by atoms with Gasteiger partial charge in [0.2, 0.25) is 0 Å². The molecule has 3 aliphatic carbocycles. The Labute approximate surface area is 206 Å². The summed E-state index contributed by atoms with van der Waals surface area (Å²) in [5.41, 5.74) is 0.879. The second kappa shape index (κ2) is 9.21. The van der Waals surface area contributed by atoms with Crippen LogP contribution in [0.5, 0.6) is 5.75 Å². The summed E-state index contributed by atoms with van der Waals surface area (Å²) in [5.74, 6) is 0.649. The number of hydrogen-bond acceptors (Lipinski definition) is 5. The van der Waals surface area contributed by atoms with Crippen molar-refractivity contribution in [3.8, 4) is 5.75 Å². The molecule has 5 rings (SSSR count). The van der Waals surface area contributed by atoms with Crippen molar-refractivity contribution in [2.75, 3.05) is 20.3 Å². The molecule has 2 unspecified atom stereocenters. The highest BCUT2D eigenvalue weighted by Gasteiger charge is 2.45. The van der Waals surface area contributed by atoms with Crippen LogP contribution < -0.4 is 4.74 Å². The number of carbonyl (C=O) groups is 3. The number of ketones is 1. The minimum atomic E-state index is -1.01. The lowest BCUT2D eigenvalue weighted by atomic mass is 9.57. The average molecular weight is 486 g/mol. The molecule has 0 aromatic heterocycles. The molecule has 1 amide bonds. The van der Waals surface area contributed by atoms with E-state index in [9.17, 15) is 14.4 Å². The van der Waals surface area contributed by atoms with E-state index in [0.717, 1.165) is 42.1 Å². The Morgan fingerprint density at radius 2 is 1.80 bits per heavy atom. The maximum absolute atomic E-state index is 15.3. The highest BCUT2D eigenvalue weighted by atomic mass is 19.1. The minimum absolute atomic E-state index is 0.101. The number of ether oxygens (including phenoxy) is 2. The van der Waals surface area contributed by atoms with Crippen LogP contribution in [0, 0.1) is 29.0 Å². The molecule has 7 heteroatoms. The van der Waals surface area contributed by atoms with Crippen LogP contribution >= 0.6 is 0 Å². The quantitative estimate of drug-likeness (QED) is 0.537. The van der Waals surface area contributed by atoms with Gasteiger partial charge in [-0.2, -0.15) is 0 Å². The monoisotopic (exact) mass is 485 g/mol. The third-order valence-electron chi connectivity index (χ3n) is 8.52. The summed E-state index contributed by atoms with van der Waals surface area (Å²) >= 11 is 0. The zero-order valence-electron chi connectivity index (χ0n) is 21.0. The highest BCUT2D eigenvalue weighted by molar-refractivity contribution is 6.03. The van der Waals surface area contributed by atoms with Gasteiger partial charge in [0.15, 0.2) is 5.78 Å². The van der Waals surface area contributed by atoms with Crippen molar-refractivity contribution in [2.24, 2.45) is 23.2 Å². The molecule has 0 spiro atoms. The largest absolute Gasteiger partial charge is 0.493 e. The number of Topliss-reactive ketones (excluding diaryl/α,β-unsaturated/α-hetero) is 1. The second-order valence-corrected chi connectivity index (χ2v) is 11.8. The van der Waals surface area contributed by atoms with E-state index in [1.54, 1.807) is 6.07 Å². The highest BCUT2D eigenvalue weighted by Crippen LogP contribution is 2.53. The van der Waals surface area contributed by atoms with Gasteiger partial charge in [0.05, 0.1) is 25.8 Å². The molecule has 4 fully saturated rings. The summed E-state index contributed by atoms with van der Waals surface area (Å²) in [7, 11) is 1.22. The van der Waals surface area contributed by atoms with E-state index in [2.05, 4.69) is 13.8 Å². The number of rotatable bonds is 6. The molecule has 1 aromatic carbocycles. The molecule has 0 radical (unpaired) electrons. The maximum Gasteiger partial charge on any atom is 0.329 e. The fourth-order valence-corrected chi connectivity index (χ4v) is 7.30. The Morgan fingerprint density at radius 3 is 2.43 bits per heavy atom. The van der Waals surface area contributed by atoms with Gasteiger partial charge in [-0.3, -0.25) is 9.59 Å². The van der Waals surface area contributed by atoms with E-state index < -0.39 is 23.7 Å². The van der Waals surface area contributed by atoms with Crippen molar-refractivity contribution in [1.82, 2.24) is 4.90 Å². The number of esters is 1. The number of halogens is 1. The number of likely N-dealkylation sites (tertiary alicyclic amines) is 1. The fraction of sp³-hybridized carbons (Fsp3) is 0.679. The van der Waals surface area contributed by atoms with Crippen LogP contribution in [0.25, 0.3) is 0 Å². The zero-order chi connectivity index (χ0) is 24.9. The number of methoxy groups -OCH3 is 1. The van der Waals surface area contributed by atoms with Crippen molar-refractivity contribution < 1.29 is 28.2 Å². The molecular weight excluding hydrogens is 449 g/mol. The van der Waals surface area contributed by atoms with Crippen molar-refractivity contribution >= 4 is 17.7 Å². The molecule has 1 heterocycles. The summed E-state index contributed by atoms with van der Waals surface area (Å²) in [6.45, 7) is 5.03. The van der Waals surface area contributed by atoms with Crippen molar-refractivity contribution in [1.29, 1.82) is 0 Å². The molecule has 190 valence electrons. The molecule has 2 bridgehead atoms. The summed E-state index contributed by atoms with van der Waals surface area (Å²) in [6, 6.07) is 1.93. The lowest BCUT2D eigenvalue weighted by Crippen LogP contribution is -2.43. The van der Waals surface area contributed by atoms with Gasteiger partial charge in [0.1, 0.15) is 17.6 Å². The topological polar surface area (TPSA) is 72.9 Å². The third-order valence-corrected chi connectivity index (χ3v) is 8.52. The summed E-state index contributed by atoms with van der Waals surface area (Å²) in [6.07, 6.45) is 7.89. The van der Waals surface area contributed by atoms with E-state index in [4.69, 9.17) is 9.47 Å². The molecule has 4 aliphatic rings.